The highest BCUT2D eigenvalue weighted by Gasteiger charge is 2.05. The average molecular weight is 383 g/mol. The van der Waals surface area contributed by atoms with Gasteiger partial charge in [0.15, 0.2) is 0 Å². The van der Waals surface area contributed by atoms with E-state index >= 15 is 0 Å². The fraction of sp³-hybridized carbons (Fsp3) is 0.0526. The Morgan fingerprint density at radius 2 is 1.92 bits per heavy atom. The number of carboxylic acid groups (broad SMARTS) is 1. The lowest BCUT2D eigenvalue weighted by Gasteiger charge is -2.06. The summed E-state index contributed by atoms with van der Waals surface area (Å²) in [5.41, 5.74) is 4.08. The highest BCUT2D eigenvalue weighted by Crippen LogP contribution is 2.22. The number of aliphatic imine (C=N–C) groups is 1. The van der Waals surface area contributed by atoms with Gasteiger partial charge in [-0.15, -0.1) is 0 Å². The van der Waals surface area contributed by atoms with Crippen LogP contribution in [0.4, 0.5) is 5.69 Å². The van der Waals surface area contributed by atoms with E-state index in [1.807, 2.05) is 48.0 Å². The van der Waals surface area contributed by atoms with E-state index in [2.05, 4.69) is 20.9 Å². The number of carboxylic acids is 1. The predicted octanol–water partition coefficient (Wildman–Crippen LogP) is 5.00. The molecule has 1 N–H and O–H groups in total. The number of hydrogen-bond donors (Lipinski definition) is 1. The quantitative estimate of drug-likeness (QED) is 0.645. The molecule has 0 atom stereocenters. The van der Waals surface area contributed by atoms with Crippen LogP contribution in [-0.4, -0.2) is 21.9 Å². The number of nitrogens with zero attached hydrogens (tertiary/aromatic N) is 2. The maximum absolute atomic E-state index is 10.9. The maximum atomic E-state index is 10.9. The van der Waals surface area contributed by atoms with Crippen LogP contribution in [0.5, 0.6) is 0 Å². The van der Waals surface area contributed by atoms with Crippen LogP contribution in [0.25, 0.3) is 5.69 Å². The Balaban J connectivity index is 1.88. The first kappa shape index (κ1) is 16.2. The van der Waals surface area contributed by atoms with Gasteiger partial charge in [0.25, 0.3) is 0 Å². The zero-order valence-corrected chi connectivity index (χ0v) is 14.6. The van der Waals surface area contributed by atoms with E-state index in [-0.39, 0.29) is 5.56 Å². The Bertz CT molecular complexity index is 911. The normalized spacial score (nSPS) is 11.1. The molecule has 1 aromatic heterocycles. The molecular formula is C19H15BrN2O2. The standard InChI is InChI=1S/C19H15BrN2O2/c1-13-11-15(6-9-18(13)20)21-12-17-3-2-10-22(17)16-7-4-14(5-8-16)19(23)24/h2-12H,1H3,(H,23,24). The van der Waals surface area contributed by atoms with E-state index in [1.54, 1.807) is 30.5 Å². The van der Waals surface area contributed by atoms with E-state index < -0.39 is 5.97 Å². The Hall–Kier alpha value is -2.66. The van der Waals surface area contributed by atoms with Crippen LogP contribution in [0.15, 0.2) is 70.3 Å². The zero-order chi connectivity index (χ0) is 17.1. The fourth-order valence-corrected chi connectivity index (χ4v) is 2.60. The maximum Gasteiger partial charge on any atom is 0.335 e. The van der Waals surface area contributed by atoms with Gasteiger partial charge in [-0.25, -0.2) is 4.79 Å². The van der Waals surface area contributed by atoms with Crippen molar-refractivity contribution in [2.45, 2.75) is 6.92 Å². The molecule has 5 heteroatoms. The SMILES string of the molecule is Cc1cc(N=Cc2cccn2-c2ccc(C(=O)O)cc2)ccc1Br. The van der Waals surface area contributed by atoms with Crippen molar-refractivity contribution in [3.8, 4) is 5.69 Å². The fourth-order valence-electron chi connectivity index (χ4n) is 2.35. The molecule has 0 saturated heterocycles. The van der Waals surface area contributed by atoms with Gasteiger partial charge in [0.05, 0.1) is 23.2 Å². The summed E-state index contributed by atoms with van der Waals surface area (Å²) >= 11 is 3.48. The van der Waals surface area contributed by atoms with Gasteiger partial charge in [0, 0.05) is 16.4 Å². The molecule has 0 spiro atoms. The summed E-state index contributed by atoms with van der Waals surface area (Å²) in [7, 11) is 0. The molecule has 0 unspecified atom stereocenters. The molecule has 1 heterocycles. The largest absolute Gasteiger partial charge is 0.478 e. The van der Waals surface area contributed by atoms with Crippen molar-refractivity contribution in [3.63, 3.8) is 0 Å². The highest BCUT2D eigenvalue weighted by molar-refractivity contribution is 9.10. The number of halogens is 1. The first-order valence-electron chi connectivity index (χ1n) is 7.36. The molecule has 0 aliphatic rings. The van der Waals surface area contributed by atoms with E-state index in [1.165, 1.54) is 0 Å². The van der Waals surface area contributed by atoms with Crippen LogP contribution in [0.1, 0.15) is 21.6 Å². The van der Waals surface area contributed by atoms with Gasteiger partial charge in [-0.1, -0.05) is 15.9 Å². The Labute approximate surface area is 148 Å². The van der Waals surface area contributed by atoms with Gasteiger partial charge in [0.2, 0.25) is 0 Å². The third-order valence-corrected chi connectivity index (χ3v) is 4.55. The molecule has 24 heavy (non-hydrogen) atoms. The van der Waals surface area contributed by atoms with Crippen molar-refractivity contribution in [2.75, 3.05) is 0 Å². The van der Waals surface area contributed by atoms with Gasteiger partial charge < -0.3 is 9.67 Å². The summed E-state index contributed by atoms with van der Waals surface area (Å²) in [6.45, 7) is 2.02. The molecule has 4 nitrogen and oxygen atoms in total. The lowest BCUT2D eigenvalue weighted by Crippen LogP contribution is -2.00. The second-order valence-corrected chi connectivity index (χ2v) is 6.20. The summed E-state index contributed by atoms with van der Waals surface area (Å²) in [6.07, 6.45) is 3.72. The van der Waals surface area contributed by atoms with Crippen LogP contribution >= 0.6 is 15.9 Å². The second-order valence-electron chi connectivity index (χ2n) is 5.35. The van der Waals surface area contributed by atoms with Crippen molar-refractivity contribution in [1.29, 1.82) is 0 Å². The lowest BCUT2D eigenvalue weighted by atomic mass is 10.2. The number of aryl methyl sites for hydroxylation is 1. The molecule has 0 saturated carbocycles. The van der Waals surface area contributed by atoms with Gasteiger partial charge in [-0.05, 0) is 67.1 Å². The van der Waals surface area contributed by atoms with Crippen molar-refractivity contribution in [2.24, 2.45) is 4.99 Å². The molecule has 3 aromatic rings. The minimum atomic E-state index is -0.929. The summed E-state index contributed by atoms with van der Waals surface area (Å²) < 4.78 is 3.02. The number of rotatable bonds is 4. The van der Waals surface area contributed by atoms with Crippen LogP contribution in [0.2, 0.25) is 0 Å². The monoisotopic (exact) mass is 382 g/mol. The highest BCUT2D eigenvalue weighted by atomic mass is 79.9. The Morgan fingerprint density at radius 3 is 2.58 bits per heavy atom. The van der Waals surface area contributed by atoms with Gasteiger partial charge in [-0.2, -0.15) is 0 Å². The molecular weight excluding hydrogens is 368 g/mol. The molecule has 0 amide bonds. The third kappa shape index (κ3) is 3.46. The molecule has 0 bridgehead atoms. The predicted molar refractivity (Wildman–Crippen MR) is 98.9 cm³/mol. The molecule has 0 radical (unpaired) electrons. The smallest absolute Gasteiger partial charge is 0.335 e. The van der Waals surface area contributed by atoms with Crippen LogP contribution in [-0.2, 0) is 0 Å². The number of aromatic carboxylic acids is 1. The summed E-state index contributed by atoms with van der Waals surface area (Å²) in [4.78, 5) is 15.5. The average Bonchev–Trinajstić information content (AvgIpc) is 3.04. The van der Waals surface area contributed by atoms with Crippen LogP contribution < -0.4 is 0 Å². The van der Waals surface area contributed by atoms with Gasteiger partial charge >= 0.3 is 5.97 Å². The van der Waals surface area contributed by atoms with Crippen molar-refractivity contribution in [1.82, 2.24) is 4.57 Å². The van der Waals surface area contributed by atoms with Crippen molar-refractivity contribution in [3.05, 3.63) is 82.1 Å². The van der Waals surface area contributed by atoms with Crippen molar-refractivity contribution >= 4 is 33.8 Å². The summed E-state index contributed by atoms with van der Waals surface area (Å²) in [5, 5.41) is 8.98. The molecule has 120 valence electrons. The Morgan fingerprint density at radius 1 is 1.17 bits per heavy atom. The first-order valence-corrected chi connectivity index (χ1v) is 8.15. The van der Waals surface area contributed by atoms with Crippen molar-refractivity contribution < 1.29 is 9.90 Å². The lowest BCUT2D eigenvalue weighted by molar-refractivity contribution is 0.0697. The van der Waals surface area contributed by atoms with E-state index in [9.17, 15) is 4.79 Å². The number of carbonyl (C=O) groups is 1. The number of hydrogen-bond acceptors (Lipinski definition) is 2. The molecule has 0 aliphatic carbocycles. The third-order valence-electron chi connectivity index (χ3n) is 3.66. The molecule has 0 aliphatic heterocycles. The van der Waals surface area contributed by atoms with E-state index in [0.29, 0.717) is 0 Å². The van der Waals surface area contributed by atoms with Gasteiger partial charge in [-0.3, -0.25) is 4.99 Å². The summed E-state index contributed by atoms with van der Waals surface area (Å²) in [5.74, 6) is -0.929. The minimum absolute atomic E-state index is 0.270. The number of benzene rings is 2. The minimum Gasteiger partial charge on any atom is -0.478 e. The second kappa shape index (κ2) is 6.84. The van der Waals surface area contributed by atoms with Crippen LogP contribution in [0.3, 0.4) is 0 Å². The molecule has 2 aromatic carbocycles. The van der Waals surface area contributed by atoms with E-state index in [4.69, 9.17) is 5.11 Å². The summed E-state index contributed by atoms with van der Waals surface area (Å²) in [6, 6.07) is 16.6. The Kier molecular flexibility index (Phi) is 4.62. The zero-order valence-electron chi connectivity index (χ0n) is 13.0. The topological polar surface area (TPSA) is 54.6 Å². The van der Waals surface area contributed by atoms with Gasteiger partial charge in [0.1, 0.15) is 0 Å². The first-order chi connectivity index (χ1) is 11.5. The molecule has 3 rings (SSSR count). The molecule has 0 fully saturated rings. The number of aromatic nitrogens is 1. The van der Waals surface area contributed by atoms with E-state index in [0.717, 1.165) is 27.1 Å². The van der Waals surface area contributed by atoms with Crippen LogP contribution in [0, 0.1) is 6.92 Å².